The van der Waals surface area contributed by atoms with E-state index in [4.69, 9.17) is 0 Å². The van der Waals surface area contributed by atoms with E-state index in [9.17, 15) is 0 Å². The Balaban J connectivity index is 0.575. The number of nitrogens with zero attached hydrogens (tertiary/aromatic N) is 2. The van der Waals surface area contributed by atoms with Crippen molar-refractivity contribution in [3.05, 3.63) is 644 Å². The van der Waals surface area contributed by atoms with E-state index in [0.717, 1.165) is 39.7 Å². The van der Waals surface area contributed by atoms with Crippen molar-refractivity contribution in [2.45, 2.75) is 46.3 Å². The first-order valence-corrected chi connectivity index (χ1v) is 50.1. The van der Waals surface area contributed by atoms with Crippen LogP contribution in [0.25, 0.3) is 100 Å². The van der Waals surface area contributed by atoms with Crippen molar-refractivity contribution < 1.29 is 0 Å². The quantitative estimate of drug-likeness (QED) is 0.114. The normalized spacial score (nSPS) is 16.4. The number of hydrogen-bond donors (Lipinski definition) is 0. The van der Waals surface area contributed by atoms with Crippen LogP contribution in [0.1, 0.15) is 136 Å². The molecule has 0 radical (unpaired) electrons. The number of anilines is 6. The van der Waals surface area contributed by atoms with Gasteiger partial charge in [-0.05, 0) is 278 Å². The van der Waals surface area contributed by atoms with E-state index in [-0.39, 0.29) is 5.41 Å². The lowest BCUT2D eigenvalue weighted by atomic mass is 9.67. The van der Waals surface area contributed by atoms with Gasteiger partial charge in [0.05, 0.1) is 38.4 Å². The summed E-state index contributed by atoms with van der Waals surface area (Å²) in [5.41, 5.74) is 53.8. The topological polar surface area (TPSA) is 6.48 Å². The summed E-state index contributed by atoms with van der Waals surface area (Å²) in [7, 11) is 0. The molecule has 2 spiro atoms. The molecule has 2 atom stereocenters. The lowest BCUT2D eigenvalue weighted by Crippen LogP contribution is -2.28. The van der Waals surface area contributed by atoms with Crippen molar-refractivity contribution >= 4 is 34.1 Å². The molecule has 0 bridgehead atoms. The predicted molar refractivity (Wildman–Crippen MR) is 583 cm³/mol. The molecule has 0 amide bonds. The molecule has 22 aromatic carbocycles. The molecule has 2 heteroatoms. The summed E-state index contributed by atoms with van der Waals surface area (Å²) in [6.45, 7) is 4.78. The Morgan fingerprint density at radius 3 is 0.669 bits per heavy atom. The molecule has 0 saturated carbocycles. The lowest BCUT2D eigenvalue weighted by molar-refractivity contribution is 0.660. The van der Waals surface area contributed by atoms with E-state index in [1.165, 1.54) is 217 Å². The Kier molecular flexibility index (Phi) is 17.0. The summed E-state index contributed by atoms with van der Waals surface area (Å²) in [6, 6.07) is 200. The minimum atomic E-state index is -0.723. The molecule has 8 aliphatic carbocycles. The second-order valence-electron chi connectivity index (χ2n) is 40.4. The zero-order valence-electron chi connectivity index (χ0n) is 78.5. The maximum atomic E-state index is 2.62. The molecule has 0 aromatic heterocycles. The first-order valence-electron chi connectivity index (χ1n) is 50.1. The molecule has 22 aromatic rings. The molecule has 0 fully saturated rings. The Hall–Kier alpha value is -17.6. The smallest absolute Gasteiger partial charge is 0.0726 e. The fraction of sp³-hybridized carbons (Fsp3) is 0.0571. The molecular formula is C140H92N2. The average Bonchev–Trinajstić information content (AvgIpc) is 1.50. The molecular weight excluding hydrogens is 1710 g/mol. The summed E-state index contributed by atoms with van der Waals surface area (Å²) in [5.74, 6) is 0. The second-order valence-corrected chi connectivity index (χ2v) is 40.4. The van der Waals surface area contributed by atoms with Crippen LogP contribution in [0.4, 0.5) is 34.1 Å². The van der Waals surface area contributed by atoms with E-state index in [0.29, 0.717) is 0 Å². The zero-order valence-corrected chi connectivity index (χ0v) is 78.5. The van der Waals surface area contributed by atoms with Gasteiger partial charge in [-0.25, -0.2) is 0 Å². The highest BCUT2D eigenvalue weighted by atomic mass is 15.2. The van der Waals surface area contributed by atoms with Gasteiger partial charge in [-0.1, -0.05) is 469 Å². The van der Waals surface area contributed by atoms with Gasteiger partial charge in [0.1, 0.15) is 0 Å². The van der Waals surface area contributed by atoms with Crippen molar-refractivity contribution in [3.63, 3.8) is 0 Å². The number of hydrogen-bond acceptors (Lipinski definition) is 2. The predicted octanol–water partition coefficient (Wildman–Crippen LogP) is 34.4. The number of fused-ring (bicyclic) bond motifs is 32. The molecule has 0 heterocycles. The largest absolute Gasteiger partial charge is 0.310 e. The Bertz CT molecular complexity index is 8950. The van der Waals surface area contributed by atoms with Crippen molar-refractivity contribution in [3.8, 4) is 100 Å². The van der Waals surface area contributed by atoms with Crippen LogP contribution in [0, 0.1) is 0 Å². The highest BCUT2D eigenvalue weighted by Gasteiger charge is 2.57. The van der Waals surface area contributed by atoms with Gasteiger partial charge in [-0.3, -0.25) is 0 Å². The fourth-order valence-electron chi connectivity index (χ4n) is 28.5. The molecule has 0 N–H and O–H groups in total. The van der Waals surface area contributed by atoms with Gasteiger partial charge in [0.25, 0.3) is 0 Å². The highest BCUT2D eigenvalue weighted by Crippen LogP contribution is 2.70. The van der Waals surface area contributed by atoms with Crippen molar-refractivity contribution in [2.24, 2.45) is 0 Å². The molecule has 8 aliphatic rings. The molecule has 0 saturated heterocycles. The van der Waals surface area contributed by atoms with Gasteiger partial charge in [-0.15, -0.1) is 0 Å². The third-order valence-electron chi connectivity index (χ3n) is 33.9. The first-order chi connectivity index (χ1) is 70.2. The Morgan fingerprint density at radius 1 is 0.134 bits per heavy atom. The highest BCUT2D eigenvalue weighted by molar-refractivity contribution is 6.07. The van der Waals surface area contributed by atoms with Gasteiger partial charge in [0.2, 0.25) is 0 Å². The maximum Gasteiger partial charge on any atom is 0.0726 e. The van der Waals surface area contributed by atoms with Crippen LogP contribution in [0.15, 0.2) is 522 Å². The van der Waals surface area contributed by atoms with Crippen LogP contribution in [-0.4, -0.2) is 0 Å². The average molecular weight is 1800 g/mol. The zero-order chi connectivity index (χ0) is 93.5. The number of benzene rings is 22. The van der Waals surface area contributed by atoms with E-state index in [1.54, 1.807) is 0 Å². The van der Waals surface area contributed by atoms with E-state index < -0.39 is 27.1 Å². The molecule has 2 unspecified atom stereocenters. The third-order valence-corrected chi connectivity index (χ3v) is 33.9. The second kappa shape index (κ2) is 30.0. The Labute approximate surface area is 828 Å². The van der Waals surface area contributed by atoms with Crippen LogP contribution in [0.2, 0.25) is 0 Å². The van der Waals surface area contributed by atoms with Gasteiger partial charge in [0.15, 0.2) is 0 Å². The van der Waals surface area contributed by atoms with Gasteiger partial charge >= 0.3 is 0 Å². The standard InChI is InChI=1S/C140H92N2/c1-135(2)115-57-27-18-50-103(115)111-85-97(75-80-116(111)135)141(98-76-81-125-112(86-98)105-52-21-28-58-117(105)136(125,91-38-8-3-9-39-91)92-40-10-4-11-41-92)132-69-37-67-130-134(132)109-56-26-35-65-124(109)140(130)122-63-33-24-51-104(122)110-84-90(72-79-128(110)140)89-70-73-96(74-71-89)138(95-46-16-7-17-47-95)119-60-30-23-54-107(119)114-88-100(78-83-127(114)138)142(99-77-82-126-113(87-99)106-53-22-29-59-118(106)137(126,93-42-12-5-13-43-93)94-44-14-6-15-45-94)131-68-36-66-129-133(131)108-55-25-34-64-123(108)139(129)120-61-31-19-48-101(120)102-49-20-32-62-121(102)139/h3-88H,1-2H3. The van der Waals surface area contributed by atoms with Crippen LogP contribution in [0.5, 0.6) is 0 Å². The monoisotopic (exact) mass is 1800 g/mol. The number of rotatable bonds is 13. The summed E-state index contributed by atoms with van der Waals surface area (Å²) in [5, 5.41) is 0. The van der Waals surface area contributed by atoms with Gasteiger partial charge in [-0.2, -0.15) is 0 Å². The molecule has 0 aliphatic heterocycles. The van der Waals surface area contributed by atoms with Crippen LogP contribution >= 0.6 is 0 Å². The summed E-state index contributed by atoms with van der Waals surface area (Å²) >= 11 is 0. The van der Waals surface area contributed by atoms with E-state index in [2.05, 4.69) is 545 Å². The minimum absolute atomic E-state index is 0.178. The first kappa shape index (κ1) is 80.5. The molecule has 2 nitrogen and oxygen atoms in total. The van der Waals surface area contributed by atoms with E-state index in [1.807, 2.05) is 0 Å². The van der Waals surface area contributed by atoms with Crippen molar-refractivity contribution in [1.29, 1.82) is 0 Å². The Morgan fingerprint density at radius 2 is 0.338 bits per heavy atom. The summed E-state index contributed by atoms with van der Waals surface area (Å²) < 4.78 is 0. The van der Waals surface area contributed by atoms with E-state index >= 15 is 0 Å². The third kappa shape index (κ3) is 10.4. The fourth-order valence-corrected chi connectivity index (χ4v) is 28.5. The summed E-state index contributed by atoms with van der Waals surface area (Å²) in [6.07, 6.45) is 0. The van der Waals surface area contributed by atoms with Crippen molar-refractivity contribution in [2.75, 3.05) is 9.80 Å². The molecule has 30 rings (SSSR count). The molecule has 662 valence electrons. The SMILES string of the molecule is CC1(C)c2ccccc2-c2cc(N(c3ccc4c(c3)-c3ccccc3C4(c3ccccc3)c3ccccc3)c3cccc4c3-c3ccccc3C43c4ccccc4-c4cc(-c5ccc(C6(c7ccccc7)c7ccccc7-c7cc(N(c8ccc9c(c8)-c8ccccc8C9(c8ccccc8)c8ccccc8)c8cccc9c8-c8ccccc8C98c9ccccc9-c9ccccc98)ccc76)cc5)ccc43)ccc21. The summed E-state index contributed by atoms with van der Waals surface area (Å²) in [4.78, 5) is 5.23. The van der Waals surface area contributed by atoms with Gasteiger partial charge < -0.3 is 9.80 Å². The van der Waals surface area contributed by atoms with Gasteiger partial charge in [0, 0.05) is 39.3 Å². The minimum Gasteiger partial charge on any atom is -0.310 e. The van der Waals surface area contributed by atoms with Crippen LogP contribution in [-0.2, 0) is 32.5 Å². The van der Waals surface area contributed by atoms with Crippen LogP contribution in [0.3, 0.4) is 0 Å². The lowest BCUT2D eigenvalue weighted by Gasteiger charge is -2.35. The van der Waals surface area contributed by atoms with Crippen molar-refractivity contribution in [1.82, 2.24) is 0 Å². The maximum absolute atomic E-state index is 2.62. The van der Waals surface area contributed by atoms with Crippen LogP contribution < -0.4 is 9.80 Å². The molecule has 142 heavy (non-hydrogen) atoms.